The van der Waals surface area contributed by atoms with E-state index in [1.54, 1.807) is 0 Å². The van der Waals surface area contributed by atoms with Crippen molar-refractivity contribution in [3.8, 4) is 0 Å². The summed E-state index contributed by atoms with van der Waals surface area (Å²) < 4.78 is 0. The van der Waals surface area contributed by atoms with Crippen molar-refractivity contribution >= 4 is 0 Å². The van der Waals surface area contributed by atoms with Gasteiger partial charge in [0.15, 0.2) is 0 Å². The molecule has 13 heavy (non-hydrogen) atoms. The summed E-state index contributed by atoms with van der Waals surface area (Å²) in [4.78, 5) is 2.23. The lowest BCUT2D eigenvalue weighted by Crippen LogP contribution is -2.63. The van der Waals surface area contributed by atoms with Gasteiger partial charge in [0.25, 0.3) is 0 Å². The maximum atomic E-state index is 5.48. The Hall–Kier alpha value is -0.120. The summed E-state index contributed by atoms with van der Waals surface area (Å²) in [7, 11) is 4.21. The molecule has 0 atom stereocenters. The molecule has 0 aromatic rings. The number of rotatable bonds is 5. The molecule has 0 rings (SSSR count). The van der Waals surface area contributed by atoms with Crippen LogP contribution in [0.4, 0.5) is 0 Å². The van der Waals surface area contributed by atoms with Crippen LogP contribution in [0.2, 0.25) is 0 Å². The van der Waals surface area contributed by atoms with Gasteiger partial charge >= 0.3 is 0 Å². The molecule has 0 fully saturated rings. The predicted molar refractivity (Wildman–Crippen MR) is 58.9 cm³/mol. The number of nitrogens with two attached hydrogens (primary N) is 1. The Labute approximate surface area is 82.7 Å². The summed E-state index contributed by atoms with van der Waals surface area (Å²) in [5.41, 5.74) is 5.66. The van der Waals surface area contributed by atoms with Gasteiger partial charge in [-0.2, -0.15) is 0 Å². The first-order valence-electron chi connectivity index (χ1n) is 4.88. The molecular formula is C10H25N3. The summed E-state index contributed by atoms with van der Waals surface area (Å²) in [6.07, 6.45) is 0. The maximum Gasteiger partial charge on any atom is 0.0323 e. The topological polar surface area (TPSA) is 41.3 Å². The van der Waals surface area contributed by atoms with E-state index in [1.807, 2.05) is 0 Å². The summed E-state index contributed by atoms with van der Waals surface area (Å²) in [6.45, 7) is 10.4. The SMILES string of the molecule is CN(C)C(C)(C)C(C)(C)NCCN. The number of hydrogen-bond acceptors (Lipinski definition) is 3. The van der Waals surface area contributed by atoms with Gasteiger partial charge in [0.05, 0.1) is 0 Å². The molecule has 0 unspecified atom stereocenters. The van der Waals surface area contributed by atoms with Gasteiger partial charge in [-0.3, -0.25) is 0 Å². The van der Waals surface area contributed by atoms with E-state index in [1.165, 1.54) is 0 Å². The summed E-state index contributed by atoms with van der Waals surface area (Å²) in [6, 6.07) is 0. The zero-order chi connectivity index (χ0) is 10.7. The molecule has 0 heterocycles. The highest BCUT2D eigenvalue weighted by Gasteiger charge is 2.37. The van der Waals surface area contributed by atoms with Gasteiger partial charge in [-0.1, -0.05) is 0 Å². The fraction of sp³-hybridized carbons (Fsp3) is 1.00. The van der Waals surface area contributed by atoms with Gasteiger partial charge in [0.1, 0.15) is 0 Å². The third-order valence-corrected chi connectivity index (χ3v) is 3.36. The molecule has 0 spiro atoms. The van der Waals surface area contributed by atoms with E-state index in [2.05, 4.69) is 52.0 Å². The summed E-state index contributed by atoms with van der Waals surface area (Å²) in [5.74, 6) is 0. The third-order valence-electron chi connectivity index (χ3n) is 3.36. The largest absolute Gasteiger partial charge is 0.329 e. The van der Waals surface area contributed by atoms with Crippen molar-refractivity contribution in [1.29, 1.82) is 0 Å². The molecule has 3 N–H and O–H groups in total. The van der Waals surface area contributed by atoms with Gasteiger partial charge in [-0.15, -0.1) is 0 Å². The average molecular weight is 187 g/mol. The van der Waals surface area contributed by atoms with Gasteiger partial charge in [0, 0.05) is 24.2 Å². The second-order valence-electron chi connectivity index (χ2n) is 4.79. The molecule has 0 aromatic heterocycles. The molecule has 0 amide bonds. The molecule has 0 saturated heterocycles. The monoisotopic (exact) mass is 187 g/mol. The zero-order valence-electron chi connectivity index (χ0n) is 9.94. The van der Waals surface area contributed by atoms with Crippen molar-refractivity contribution in [3.05, 3.63) is 0 Å². The van der Waals surface area contributed by atoms with Crippen LogP contribution >= 0.6 is 0 Å². The van der Waals surface area contributed by atoms with Crippen LogP contribution in [0.3, 0.4) is 0 Å². The Bertz CT molecular complexity index is 150. The lowest BCUT2D eigenvalue weighted by molar-refractivity contribution is 0.0851. The minimum atomic E-state index is 0.0653. The molecule has 0 aliphatic rings. The van der Waals surface area contributed by atoms with E-state index in [9.17, 15) is 0 Å². The molecule has 0 radical (unpaired) electrons. The predicted octanol–water partition coefficient (Wildman–Crippen LogP) is 0.654. The van der Waals surface area contributed by atoms with Crippen molar-refractivity contribution in [1.82, 2.24) is 10.2 Å². The molecule has 80 valence electrons. The van der Waals surface area contributed by atoms with E-state index in [4.69, 9.17) is 5.73 Å². The second kappa shape index (κ2) is 4.40. The van der Waals surface area contributed by atoms with Crippen LogP contribution in [0.15, 0.2) is 0 Å². The van der Waals surface area contributed by atoms with Gasteiger partial charge in [-0.25, -0.2) is 0 Å². The molecule has 0 aromatic carbocycles. The van der Waals surface area contributed by atoms with E-state index in [-0.39, 0.29) is 11.1 Å². The van der Waals surface area contributed by atoms with Crippen LogP contribution in [0.5, 0.6) is 0 Å². The lowest BCUT2D eigenvalue weighted by Gasteiger charge is -2.47. The van der Waals surface area contributed by atoms with E-state index >= 15 is 0 Å². The first-order valence-corrected chi connectivity index (χ1v) is 4.88. The summed E-state index contributed by atoms with van der Waals surface area (Å²) in [5, 5.41) is 3.46. The average Bonchev–Trinajstić information content (AvgIpc) is 2.00. The normalized spacial score (nSPS) is 13.8. The van der Waals surface area contributed by atoms with Gasteiger partial charge < -0.3 is 16.0 Å². The van der Waals surface area contributed by atoms with Gasteiger partial charge in [0.2, 0.25) is 0 Å². The Kier molecular flexibility index (Phi) is 4.36. The van der Waals surface area contributed by atoms with Gasteiger partial charge in [-0.05, 0) is 41.8 Å². The molecule has 0 aliphatic heterocycles. The van der Waals surface area contributed by atoms with E-state index in [0.717, 1.165) is 6.54 Å². The molecule has 3 heteroatoms. The Morgan fingerprint density at radius 2 is 1.62 bits per heavy atom. The first kappa shape index (κ1) is 12.9. The van der Waals surface area contributed by atoms with Crippen LogP contribution in [-0.2, 0) is 0 Å². The van der Waals surface area contributed by atoms with Crippen LogP contribution in [0.1, 0.15) is 27.7 Å². The fourth-order valence-electron chi connectivity index (χ4n) is 1.16. The molecule has 0 aliphatic carbocycles. The van der Waals surface area contributed by atoms with Crippen molar-refractivity contribution < 1.29 is 0 Å². The fourth-order valence-corrected chi connectivity index (χ4v) is 1.16. The summed E-state index contributed by atoms with van der Waals surface area (Å²) >= 11 is 0. The highest BCUT2D eigenvalue weighted by atomic mass is 15.2. The number of likely N-dealkylation sites (N-methyl/N-ethyl adjacent to an activating group) is 1. The van der Waals surface area contributed by atoms with Crippen molar-refractivity contribution in [2.75, 3.05) is 27.2 Å². The van der Waals surface area contributed by atoms with Crippen LogP contribution in [-0.4, -0.2) is 43.2 Å². The Morgan fingerprint density at radius 3 is 1.92 bits per heavy atom. The zero-order valence-corrected chi connectivity index (χ0v) is 9.94. The quantitative estimate of drug-likeness (QED) is 0.664. The third kappa shape index (κ3) is 2.93. The van der Waals surface area contributed by atoms with Crippen molar-refractivity contribution in [2.45, 2.75) is 38.8 Å². The number of nitrogens with one attached hydrogen (secondary N) is 1. The minimum absolute atomic E-state index is 0.0653. The molecule has 3 nitrogen and oxygen atoms in total. The highest BCUT2D eigenvalue weighted by molar-refractivity contribution is 4.99. The number of hydrogen-bond donors (Lipinski definition) is 2. The van der Waals surface area contributed by atoms with Crippen LogP contribution in [0, 0.1) is 0 Å². The first-order chi connectivity index (χ1) is 5.75. The van der Waals surface area contributed by atoms with Crippen molar-refractivity contribution in [2.24, 2.45) is 5.73 Å². The standard InChI is InChI=1S/C10H25N3/c1-9(2,12-8-7-11)10(3,4)13(5)6/h12H,7-8,11H2,1-6H3. The molecule has 0 bridgehead atoms. The molecular weight excluding hydrogens is 162 g/mol. The molecule has 0 saturated carbocycles. The van der Waals surface area contributed by atoms with E-state index in [0.29, 0.717) is 6.54 Å². The second-order valence-corrected chi connectivity index (χ2v) is 4.79. The van der Waals surface area contributed by atoms with Crippen LogP contribution < -0.4 is 11.1 Å². The highest BCUT2D eigenvalue weighted by Crippen LogP contribution is 2.25. The lowest BCUT2D eigenvalue weighted by atomic mass is 9.81. The van der Waals surface area contributed by atoms with Crippen molar-refractivity contribution in [3.63, 3.8) is 0 Å². The Morgan fingerprint density at radius 1 is 1.15 bits per heavy atom. The smallest absolute Gasteiger partial charge is 0.0323 e. The Balaban J connectivity index is 4.41. The maximum absolute atomic E-state index is 5.48. The number of nitrogens with zero attached hydrogens (tertiary/aromatic N) is 1. The van der Waals surface area contributed by atoms with Crippen LogP contribution in [0.25, 0.3) is 0 Å². The van der Waals surface area contributed by atoms with E-state index < -0.39 is 0 Å². The minimum Gasteiger partial charge on any atom is -0.329 e.